The highest BCUT2D eigenvalue weighted by atomic mass is 16.7. The van der Waals surface area contributed by atoms with Crippen molar-refractivity contribution in [3.05, 3.63) is 90.1 Å². The van der Waals surface area contributed by atoms with Gasteiger partial charge in [0.2, 0.25) is 0 Å². The molecule has 2 aliphatic rings. The highest BCUT2D eigenvalue weighted by Gasteiger charge is 2.44. The Morgan fingerprint density at radius 3 is 2.55 bits per heavy atom. The molecule has 5 rings (SSSR count). The summed E-state index contributed by atoms with van der Waals surface area (Å²) in [6.07, 6.45) is 1.93. The van der Waals surface area contributed by atoms with Crippen molar-refractivity contribution in [3.8, 4) is 11.3 Å². The summed E-state index contributed by atoms with van der Waals surface area (Å²) in [5, 5.41) is 16.6. The zero-order valence-electron chi connectivity index (χ0n) is 26.0. The molecule has 2 aliphatic heterocycles. The average molecular weight is 603 g/mol. The van der Waals surface area contributed by atoms with Crippen LogP contribution in [0, 0.1) is 11.3 Å². The van der Waals surface area contributed by atoms with Crippen LogP contribution in [-0.4, -0.2) is 72.0 Å². The van der Waals surface area contributed by atoms with Crippen LogP contribution >= 0.6 is 0 Å². The fourth-order valence-electron chi connectivity index (χ4n) is 5.68. The SMILES string of the molecule is CC(C)(C)CCNN(Cc1ccc(-c2ccccn2)cc1)CC(O)C(Cc1ccccc1)NC(=O)OC1COC2OCCC12. The maximum Gasteiger partial charge on any atom is 0.407 e. The topological polar surface area (TPSA) is 105 Å². The molecular formula is C35H46N4O5. The van der Waals surface area contributed by atoms with Gasteiger partial charge in [0.1, 0.15) is 6.10 Å². The summed E-state index contributed by atoms with van der Waals surface area (Å²) < 4.78 is 17.0. The van der Waals surface area contributed by atoms with Crippen LogP contribution in [0.1, 0.15) is 44.7 Å². The average Bonchev–Trinajstić information content (AvgIpc) is 3.63. The first-order valence-corrected chi connectivity index (χ1v) is 15.6. The fourth-order valence-corrected chi connectivity index (χ4v) is 5.68. The van der Waals surface area contributed by atoms with Gasteiger partial charge >= 0.3 is 6.09 Å². The van der Waals surface area contributed by atoms with Crippen LogP contribution in [0.3, 0.4) is 0 Å². The van der Waals surface area contributed by atoms with E-state index in [1.54, 1.807) is 6.20 Å². The lowest BCUT2D eigenvalue weighted by Gasteiger charge is -2.31. The summed E-state index contributed by atoms with van der Waals surface area (Å²) in [4.78, 5) is 17.6. The minimum Gasteiger partial charge on any atom is -0.443 e. The number of aliphatic hydroxyl groups is 1. The molecule has 3 heterocycles. The molecule has 0 radical (unpaired) electrons. The van der Waals surface area contributed by atoms with E-state index in [2.05, 4.69) is 60.8 Å². The number of nitrogens with one attached hydrogen (secondary N) is 2. The minimum absolute atomic E-state index is 0.0461. The van der Waals surface area contributed by atoms with Crippen LogP contribution in [0.25, 0.3) is 11.3 Å². The summed E-state index contributed by atoms with van der Waals surface area (Å²) in [6.45, 7) is 9.20. The van der Waals surface area contributed by atoms with E-state index in [4.69, 9.17) is 14.2 Å². The number of ether oxygens (including phenoxy) is 3. The molecule has 5 atom stereocenters. The van der Waals surface area contributed by atoms with Crippen LogP contribution in [-0.2, 0) is 27.2 Å². The molecule has 1 amide bonds. The predicted molar refractivity (Wildman–Crippen MR) is 169 cm³/mol. The first-order valence-electron chi connectivity index (χ1n) is 15.6. The van der Waals surface area contributed by atoms with E-state index < -0.39 is 18.2 Å². The second-order valence-electron chi connectivity index (χ2n) is 13.0. The second kappa shape index (κ2) is 15.1. The van der Waals surface area contributed by atoms with Gasteiger partial charge in [0.15, 0.2) is 6.29 Å². The number of amides is 1. The van der Waals surface area contributed by atoms with E-state index in [-0.39, 0.29) is 23.7 Å². The van der Waals surface area contributed by atoms with E-state index in [1.165, 1.54) is 0 Å². The number of aromatic nitrogens is 1. The van der Waals surface area contributed by atoms with Crippen LogP contribution in [0.4, 0.5) is 4.79 Å². The monoisotopic (exact) mass is 602 g/mol. The lowest BCUT2D eigenvalue weighted by Crippen LogP contribution is -2.52. The van der Waals surface area contributed by atoms with Crippen molar-refractivity contribution >= 4 is 6.09 Å². The fraction of sp³-hybridized carbons (Fsp3) is 0.486. The van der Waals surface area contributed by atoms with E-state index in [9.17, 15) is 9.90 Å². The predicted octanol–water partition coefficient (Wildman–Crippen LogP) is 4.95. The van der Waals surface area contributed by atoms with Crippen molar-refractivity contribution in [3.63, 3.8) is 0 Å². The summed E-state index contributed by atoms with van der Waals surface area (Å²) in [5.41, 5.74) is 7.80. The van der Waals surface area contributed by atoms with Gasteiger partial charge in [0.25, 0.3) is 0 Å². The number of benzene rings is 2. The van der Waals surface area contributed by atoms with Crippen molar-refractivity contribution in [1.82, 2.24) is 20.7 Å². The van der Waals surface area contributed by atoms with Crippen LogP contribution in [0.2, 0.25) is 0 Å². The third-order valence-corrected chi connectivity index (χ3v) is 8.22. The third-order valence-electron chi connectivity index (χ3n) is 8.22. The Balaban J connectivity index is 1.27. The first kappa shape index (κ1) is 32.1. The number of nitrogens with zero attached hydrogens (tertiary/aromatic N) is 2. The summed E-state index contributed by atoms with van der Waals surface area (Å²) in [5.74, 6) is 0.0461. The number of hydrazine groups is 1. The van der Waals surface area contributed by atoms with E-state index in [0.717, 1.165) is 41.8 Å². The highest BCUT2D eigenvalue weighted by molar-refractivity contribution is 5.68. The van der Waals surface area contributed by atoms with Crippen molar-refractivity contribution in [2.75, 3.05) is 26.3 Å². The number of aliphatic hydroxyl groups excluding tert-OH is 1. The standard InChI is InChI=1S/C35H46N4O5/c1-35(2,3)17-19-37-39(22-26-12-14-27(15-13-26)29-11-7-8-18-36-29)23-31(40)30(21-25-9-5-4-6-10-25)38-34(41)44-32-24-43-33-28(32)16-20-42-33/h4-15,18,28,30-33,37,40H,16-17,19-24H2,1-3H3,(H,38,41). The molecule has 1 aromatic heterocycles. The van der Waals surface area contributed by atoms with Gasteiger partial charge in [-0.1, -0.05) is 81.4 Å². The largest absolute Gasteiger partial charge is 0.443 e. The Kier molecular flexibility index (Phi) is 11.0. The number of alkyl carbamates (subject to hydrolysis) is 1. The number of hydrogen-bond acceptors (Lipinski definition) is 8. The molecule has 2 aromatic carbocycles. The minimum atomic E-state index is -0.875. The smallest absolute Gasteiger partial charge is 0.407 e. The van der Waals surface area contributed by atoms with Crippen molar-refractivity contribution in [2.24, 2.45) is 11.3 Å². The van der Waals surface area contributed by atoms with Gasteiger partial charge in [-0.2, -0.15) is 0 Å². The quantitative estimate of drug-likeness (QED) is 0.236. The molecule has 0 saturated carbocycles. The molecule has 0 spiro atoms. The van der Waals surface area contributed by atoms with Crippen LogP contribution in [0.15, 0.2) is 79.0 Å². The lowest BCUT2D eigenvalue weighted by atomic mass is 9.92. The van der Waals surface area contributed by atoms with E-state index in [1.807, 2.05) is 53.5 Å². The van der Waals surface area contributed by atoms with E-state index >= 15 is 0 Å². The Labute approximate surface area is 260 Å². The summed E-state index contributed by atoms with van der Waals surface area (Å²) in [7, 11) is 0. The molecule has 5 unspecified atom stereocenters. The number of carbonyl (C=O) groups excluding carboxylic acids is 1. The Morgan fingerprint density at radius 2 is 1.82 bits per heavy atom. The molecule has 3 aromatic rings. The number of hydrogen-bond donors (Lipinski definition) is 3. The molecule has 44 heavy (non-hydrogen) atoms. The zero-order chi connectivity index (χ0) is 30.9. The first-order chi connectivity index (χ1) is 21.2. The van der Waals surface area contributed by atoms with Crippen molar-refractivity contribution < 1.29 is 24.1 Å². The molecule has 0 bridgehead atoms. The highest BCUT2D eigenvalue weighted by Crippen LogP contribution is 2.33. The number of pyridine rings is 1. The maximum absolute atomic E-state index is 13.1. The normalized spacial score (nSPS) is 21.2. The number of rotatable bonds is 13. The molecular weight excluding hydrogens is 556 g/mol. The Hall–Kier alpha value is -3.34. The lowest BCUT2D eigenvalue weighted by molar-refractivity contribution is -0.0907. The Bertz CT molecular complexity index is 1300. The third kappa shape index (κ3) is 9.33. The van der Waals surface area contributed by atoms with Crippen LogP contribution in [0.5, 0.6) is 0 Å². The van der Waals surface area contributed by atoms with Crippen molar-refractivity contribution in [1.29, 1.82) is 0 Å². The van der Waals surface area contributed by atoms with Gasteiger partial charge < -0.3 is 24.6 Å². The van der Waals surface area contributed by atoms with Crippen LogP contribution < -0.4 is 10.7 Å². The molecule has 0 aliphatic carbocycles. The van der Waals surface area contributed by atoms with Gasteiger partial charge in [-0.25, -0.2) is 9.80 Å². The second-order valence-corrected chi connectivity index (χ2v) is 13.0. The molecule has 3 N–H and O–H groups in total. The number of carbonyl (C=O) groups is 1. The number of fused-ring (bicyclic) bond motifs is 1. The summed E-state index contributed by atoms with van der Waals surface area (Å²) in [6, 6.07) is 23.5. The molecule has 236 valence electrons. The maximum atomic E-state index is 13.1. The summed E-state index contributed by atoms with van der Waals surface area (Å²) >= 11 is 0. The van der Waals surface area contributed by atoms with Gasteiger partial charge in [0, 0.05) is 31.4 Å². The van der Waals surface area contributed by atoms with Gasteiger partial charge in [0.05, 0.1) is 37.0 Å². The Morgan fingerprint density at radius 1 is 1.05 bits per heavy atom. The molecule has 9 nitrogen and oxygen atoms in total. The van der Waals surface area contributed by atoms with Gasteiger partial charge in [-0.15, -0.1) is 0 Å². The van der Waals surface area contributed by atoms with E-state index in [0.29, 0.717) is 32.7 Å². The molecule has 2 saturated heterocycles. The molecule has 9 heteroatoms. The molecule has 2 fully saturated rings. The zero-order valence-corrected chi connectivity index (χ0v) is 26.0. The van der Waals surface area contributed by atoms with Crippen molar-refractivity contribution in [2.45, 2.75) is 71.1 Å². The van der Waals surface area contributed by atoms with Gasteiger partial charge in [-0.05, 0) is 47.9 Å². The van der Waals surface area contributed by atoms with Gasteiger partial charge in [-0.3, -0.25) is 10.4 Å².